The summed E-state index contributed by atoms with van der Waals surface area (Å²) in [4.78, 5) is 22.9. The van der Waals surface area contributed by atoms with Crippen LogP contribution in [0.2, 0.25) is 0 Å². The number of carbonyl (C=O) groups is 2. The van der Waals surface area contributed by atoms with Crippen molar-refractivity contribution < 1.29 is 14.3 Å². The number of benzene rings is 1. The van der Waals surface area contributed by atoms with Crippen molar-refractivity contribution in [1.82, 2.24) is 5.32 Å². The van der Waals surface area contributed by atoms with Crippen LogP contribution >= 0.6 is 0 Å². The van der Waals surface area contributed by atoms with Crippen molar-refractivity contribution in [3.63, 3.8) is 0 Å². The van der Waals surface area contributed by atoms with E-state index in [2.05, 4.69) is 10.1 Å². The molecule has 1 unspecified atom stereocenters. The number of hydrogen-bond donors (Lipinski definition) is 2. The summed E-state index contributed by atoms with van der Waals surface area (Å²) in [6.07, 6.45) is 0. The van der Waals surface area contributed by atoms with E-state index in [4.69, 9.17) is 5.73 Å². The van der Waals surface area contributed by atoms with Crippen molar-refractivity contribution >= 4 is 11.9 Å². The Hall–Kier alpha value is -1.88. The molecule has 2 atom stereocenters. The van der Waals surface area contributed by atoms with Gasteiger partial charge in [-0.05, 0) is 12.5 Å². The first-order chi connectivity index (χ1) is 8.06. The SMILES string of the molecule is COC(=O)[C@H](C)NC(=O)C(N)c1ccccc1. The van der Waals surface area contributed by atoms with Gasteiger partial charge in [0.2, 0.25) is 5.91 Å². The Labute approximate surface area is 99.9 Å². The van der Waals surface area contributed by atoms with Crippen molar-refractivity contribution in [2.45, 2.75) is 19.0 Å². The zero-order valence-corrected chi connectivity index (χ0v) is 9.84. The highest BCUT2D eigenvalue weighted by Crippen LogP contribution is 2.09. The molecule has 1 aromatic rings. The molecule has 0 bridgehead atoms. The smallest absolute Gasteiger partial charge is 0.328 e. The molecule has 1 rings (SSSR count). The van der Waals surface area contributed by atoms with Crippen molar-refractivity contribution in [3.8, 4) is 0 Å². The normalized spacial score (nSPS) is 13.6. The van der Waals surface area contributed by atoms with Gasteiger partial charge in [-0.25, -0.2) is 4.79 Å². The molecule has 1 amide bonds. The number of esters is 1. The lowest BCUT2D eigenvalue weighted by molar-refractivity contribution is -0.144. The highest BCUT2D eigenvalue weighted by Gasteiger charge is 2.21. The Morgan fingerprint density at radius 2 is 1.88 bits per heavy atom. The summed E-state index contributed by atoms with van der Waals surface area (Å²) in [5, 5.41) is 2.49. The quantitative estimate of drug-likeness (QED) is 0.740. The van der Waals surface area contributed by atoms with Gasteiger partial charge in [0.25, 0.3) is 0 Å². The first kappa shape index (κ1) is 13.2. The number of carbonyl (C=O) groups excluding carboxylic acids is 2. The van der Waals surface area contributed by atoms with Gasteiger partial charge in [0.1, 0.15) is 12.1 Å². The summed E-state index contributed by atoms with van der Waals surface area (Å²) in [7, 11) is 1.27. The largest absolute Gasteiger partial charge is 0.467 e. The highest BCUT2D eigenvalue weighted by atomic mass is 16.5. The van der Waals surface area contributed by atoms with Crippen LogP contribution in [0.5, 0.6) is 0 Å². The first-order valence-electron chi connectivity index (χ1n) is 5.25. The Kier molecular flexibility index (Phi) is 4.66. The Morgan fingerprint density at radius 1 is 1.29 bits per heavy atom. The van der Waals surface area contributed by atoms with Crippen LogP contribution in [0.3, 0.4) is 0 Å². The minimum absolute atomic E-state index is 0.408. The number of nitrogens with one attached hydrogen (secondary N) is 1. The van der Waals surface area contributed by atoms with E-state index < -0.39 is 24.0 Å². The summed E-state index contributed by atoms with van der Waals surface area (Å²) >= 11 is 0. The predicted octanol–water partition coefficient (Wildman–Crippen LogP) is 0.364. The van der Waals surface area contributed by atoms with Crippen molar-refractivity contribution in [1.29, 1.82) is 0 Å². The molecule has 0 fully saturated rings. The van der Waals surface area contributed by atoms with Gasteiger partial charge in [0, 0.05) is 0 Å². The van der Waals surface area contributed by atoms with Crippen LogP contribution in [0.4, 0.5) is 0 Å². The van der Waals surface area contributed by atoms with Crippen LogP contribution in [-0.2, 0) is 14.3 Å². The maximum absolute atomic E-state index is 11.7. The molecule has 0 aliphatic heterocycles. The standard InChI is InChI=1S/C12H16N2O3/c1-8(12(16)17-2)14-11(15)10(13)9-6-4-3-5-7-9/h3-8,10H,13H2,1-2H3,(H,14,15)/t8-,10?/m0/s1. The van der Waals surface area contributed by atoms with Gasteiger partial charge in [0.15, 0.2) is 0 Å². The first-order valence-corrected chi connectivity index (χ1v) is 5.25. The minimum Gasteiger partial charge on any atom is -0.467 e. The number of methoxy groups -OCH3 is 1. The molecule has 0 radical (unpaired) electrons. The molecule has 1 aromatic carbocycles. The lowest BCUT2D eigenvalue weighted by Gasteiger charge is -2.16. The molecule has 3 N–H and O–H groups in total. The van der Waals surface area contributed by atoms with Crippen LogP contribution in [0, 0.1) is 0 Å². The molecule has 92 valence electrons. The Morgan fingerprint density at radius 3 is 2.41 bits per heavy atom. The van der Waals surface area contributed by atoms with E-state index in [9.17, 15) is 9.59 Å². The molecule has 0 saturated carbocycles. The number of amides is 1. The number of nitrogens with two attached hydrogens (primary N) is 1. The zero-order valence-electron chi connectivity index (χ0n) is 9.84. The van der Waals surface area contributed by atoms with Gasteiger partial charge in [0.05, 0.1) is 7.11 Å². The fourth-order valence-corrected chi connectivity index (χ4v) is 1.35. The van der Waals surface area contributed by atoms with E-state index in [0.717, 1.165) is 0 Å². The molecule has 17 heavy (non-hydrogen) atoms. The van der Waals surface area contributed by atoms with Crippen LogP contribution < -0.4 is 11.1 Å². The second kappa shape index (κ2) is 6.00. The number of hydrogen-bond acceptors (Lipinski definition) is 4. The second-order valence-corrected chi connectivity index (χ2v) is 3.64. The maximum Gasteiger partial charge on any atom is 0.328 e. The van der Waals surface area contributed by atoms with Gasteiger partial charge in [-0.15, -0.1) is 0 Å². The van der Waals surface area contributed by atoms with Crippen LogP contribution in [0.25, 0.3) is 0 Å². The van der Waals surface area contributed by atoms with E-state index >= 15 is 0 Å². The fourth-order valence-electron chi connectivity index (χ4n) is 1.35. The molecule has 0 aromatic heterocycles. The summed E-state index contributed by atoms with van der Waals surface area (Å²) in [5.41, 5.74) is 6.46. The maximum atomic E-state index is 11.7. The second-order valence-electron chi connectivity index (χ2n) is 3.64. The van der Waals surface area contributed by atoms with E-state index in [1.54, 1.807) is 31.2 Å². The summed E-state index contributed by atoms with van der Waals surface area (Å²) in [6.45, 7) is 1.54. The predicted molar refractivity (Wildman–Crippen MR) is 63.0 cm³/mol. The Balaban J connectivity index is 2.62. The van der Waals surface area contributed by atoms with E-state index in [0.29, 0.717) is 5.56 Å². The minimum atomic E-state index is -0.789. The van der Waals surface area contributed by atoms with Crippen molar-refractivity contribution in [3.05, 3.63) is 35.9 Å². The molecule has 5 heteroatoms. The summed E-state index contributed by atoms with van der Waals surface area (Å²) in [6, 6.07) is 7.45. The van der Waals surface area contributed by atoms with E-state index in [1.807, 2.05) is 6.07 Å². The molecule has 0 spiro atoms. The molecule has 0 aliphatic carbocycles. The fraction of sp³-hybridized carbons (Fsp3) is 0.333. The third kappa shape index (κ3) is 3.57. The van der Waals surface area contributed by atoms with Gasteiger partial charge >= 0.3 is 5.97 Å². The van der Waals surface area contributed by atoms with Crippen molar-refractivity contribution in [2.24, 2.45) is 5.73 Å². The molecular weight excluding hydrogens is 220 g/mol. The van der Waals surface area contributed by atoms with Crippen LogP contribution in [0.15, 0.2) is 30.3 Å². The average molecular weight is 236 g/mol. The van der Waals surface area contributed by atoms with Gasteiger partial charge in [-0.2, -0.15) is 0 Å². The summed E-state index contributed by atoms with van der Waals surface area (Å²) in [5.74, 6) is -0.910. The summed E-state index contributed by atoms with van der Waals surface area (Å²) < 4.78 is 4.50. The molecule has 5 nitrogen and oxygen atoms in total. The molecule has 0 heterocycles. The molecule has 0 saturated heterocycles. The van der Waals surface area contributed by atoms with Crippen LogP contribution in [-0.4, -0.2) is 25.0 Å². The van der Waals surface area contributed by atoms with Gasteiger partial charge < -0.3 is 15.8 Å². The topological polar surface area (TPSA) is 81.4 Å². The molecule has 0 aliphatic rings. The van der Waals surface area contributed by atoms with Gasteiger partial charge in [-0.1, -0.05) is 30.3 Å². The lowest BCUT2D eigenvalue weighted by Crippen LogP contribution is -2.43. The van der Waals surface area contributed by atoms with Crippen LogP contribution in [0.1, 0.15) is 18.5 Å². The number of rotatable bonds is 4. The van der Waals surface area contributed by atoms with E-state index in [1.165, 1.54) is 7.11 Å². The monoisotopic (exact) mass is 236 g/mol. The highest BCUT2D eigenvalue weighted by molar-refractivity contribution is 5.87. The lowest BCUT2D eigenvalue weighted by atomic mass is 10.1. The zero-order chi connectivity index (χ0) is 12.8. The average Bonchev–Trinajstić information content (AvgIpc) is 2.37. The Bertz CT molecular complexity index is 392. The van der Waals surface area contributed by atoms with Crippen molar-refractivity contribution in [2.75, 3.05) is 7.11 Å². The third-order valence-electron chi connectivity index (χ3n) is 2.35. The van der Waals surface area contributed by atoms with E-state index in [-0.39, 0.29) is 0 Å². The number of ether oxygens (including phenoxy) is 1. The molecular formula is C12H16N2O3. The third-order valence-corrected chi connectivity index (χ3v) is 2.35. The van der Waals surface area contributed by atoms with Gasteiger partial charge in [-0.3, -0.25) is 4.79 Å².